The fourth-order valence-corrected chi connectivity index (χ4v) is 2.78. The summed E-state index contributed by atoms with van der Waals surface area (Å²) in [6.07, 6.45) is 2.46. The van der Waals surface area contributed by atoms with Gasteiger partial charge in [-0.15, -0.1) is 0 Å². The molecule has 27 heavy (non-hydrogen) atoms. The number of para-hydroxylation sites is 1. The maximum absolute atomic E-state index is 12.8. The predicted octanol–water partition coefficient (Wildman–Crippen LogP) is 2.52. The van der Waals surface area contributed by atoms with Crippen molar-refractivity contribution in [2.24, 2.45) is 5.10 Å². The lowest BCUT2D eigenvalue weighted by Gasteiger charge is -2.14. The summed E-state index contributed by atoms with van der Waals surface area (Å²) in [5.41, 5.74) is 0.307. The van der Waals surface area contributed by atoms with Crippen LogP contribution in [0.25, 0.3) is 10.9 Å². The van der Waals surface area contributed by atoms with Crippen LogP contribution in [0.1, 0.15) is 30.3 Å². The molecule has 2 aromatic carbocycles. The van der Waals surface area contributed by atoms with Gasteiger partial charge >= 0.3 is 0 Å². The molecule has 8 heteroatoms. The summed E-state index contributed by atoms with van der Waals surface area (Å²) in [6, 6.07) is 9.31. The number of nitrogens with zero attached hydrogens (tertiary/aromatic N) is 4. The monoisotopic (exact) mass is 365 g/mol. The van der Waals surface area contributed by atoms with Gasteiger partial charge in [-0.05, 0) is 31.0 Å². The highest BCUT2D eigenvalue weighted by Crippen LogP contribution is 2.24. The Morgan fingerprint density at radius 2 is 2.04 bits per heavy atom. The van der Waals surface area contributed by atoms with Crippen LogP contribution in [0.15, 0.2) is 46.3 Å². The van der Waals surface area contributed by atoms with Crippen LogP contribution in [0.4, 0.5) is 5.69 Å². The summed E-state index contributed by atoms with van der Waals surface area (Å²) in [4.78, 5) is 27.7. The molecule has 0 bridgehead atoms. The first kappa shape index (κ1) is 18.2. The number of non-ortho nitro benzene ring substituents is 1. The Morgan fingerprint density at radius 3 is 2.74 bits per heavy atom. The van der Waals surface area contributed by atoms with Crippen LogP contribution >= 0.6 is 0 Å². The molecule has 0 saturated heterocycles. The average Bonchev–Trinajstić information content (AvgIpc) is 2.64. The highest BCUT2D eigenvalue weighted by atomic mass is 16.6. The fourth-order valence-electron chi connectivity index (χ4n) is 2.78. The fraction of sp³-hybridized carbons (Fsp3) is 0.211. The van der Waals surface area contributed by atoms with Gasteiger partial charge in [0.2, 0.25) is 0 Å². The standard InChI is InChI=1S/C19H18N4O4/c1-3-6-17-21-16-8-5-4-7-15(16)19(25)22(17)20-11-13-10-14(23(26)27)9-12(2)18(13)24/h4-5,7-11,24H,3,6H2,1-2H3/p-1. The van der Waals surface area contributed by atoms with Crippen molar-refractivity contribution in [3.05, 3.63) is 73.8 Å². The van der Waals surface area contributed by atoms with Gasteiger partial charge in [0.15, 0.2) is 0 Å². The Hall–Kier alpha value is -3.55. The summed E-state index contributed by atoms with van der Waals surface area (Å²) in [5.74, 6) is 0.0928. The van der Waals surface area contributed by atoms with E-state index in [4.69, 9.17) is 0 Å². The van der Waals surface area contributed by atoms with E-state index in [-0.39, 0.29) is 28.1 Å². The number of hydrogen-bond acceptors (Lipinski definition) is 6. The third-order valence-electron chi connectivity index (χ3n) is 4.11. The number of aromatic nitrogens is 2. The molecule has 0 radical (unpaired) electrons. The molecular weight excluding hydrogens is 348 g/mol. The number of hydrogen-bond donors (Lipinski definition) is 0. The van der Waals surface area contributed by atoms with Crippen LogP contribution in [0.3, 0.4) is 0 Å². The van der Waals surface area contributed by atoms with Crippen LogP contribution in [0.2, 0.25) is 0 Å². The first-order valence-corrected chi connectivity index (χ1v) is 8.43. The van der Waals surface area contributed by atoms with Crippen LogP contribution in [0.5, 0.6) is 5.75 Å². The van der Waals surface area contributed by atoms with Gasteiger partial charge in [0.05, 0.1) is 22.0 Å². The highest BCUT2D eigenvalue weighted by Gasteiger charge is 2.11. The molecule has 0 aliphatic rings. The molecule has 0 fully saturated rings. The SMILES string of the molecule is CCCc1nc2ccccc2c(=O)n1N=Cc1cc([N+](=O)[O-])cc(C)c1[O-]. The number of nitro benzene ring substituents is 1. The van der Waals surface area contributed by atoms with Gasteiger partial charge in [0.25, 0.3) is 11.2 Å². The van der Waals surface area contributed by atoms with Crippen molar-refractivity contribution in [3.8, 4) is 5.75 Å². The van der Waals surface area contributed by atoms with Crippen LogP contribution in [-0.4, -0.2) is 20.8 Å². The van der Waals surface area contributed by atoms with Crippen LogP contribution < -0.4 is 10.7 Å². The molecule has 138 valence electrons. The third-order valence-corrected chi connectivity index (χ3v) is 4.11. The Balaban J connectivity index is 2.16. The van der Waals surface area contributed by atoms with E-state index in [9.17, 15) is 20.0 Å². The second-order valence-electron chi connectivity index (χ2n) is 6.09. The molecule has 8 nitrogen and oxygen atoms in total. The smallest absolute Gasteiger partial charge is 0.282 e. The molecule has 0 spiro atoms. The van der Waals surface area contributed by atoms with Crippen LogP contribution in [0, 0.1) is 17.0 Å². The van der Waals surface area contributed by atoms with E-state index < -0.39 is 4.92 Å². The topological polar surface area (TPSA) is 113 Å². The second-order valence-corrected chi connectivity index (χ2v) is 6.09. The van der Waals surface area contributed by atoms with E-state index in [0.717, 1.165) is 17.2 Å². The molecule has 1 heterocycles. The van der Waals surface area contributed by atoms with Gasteiger partial charge in [-0.25, -0.2) is 4.98 Å². The molecule has 0 unspecified atom stereocenters. The zero-order valence-corrected chi connectivity index (χ0v) is 14.9. The molecule has 1 aromatic heterocycles. The normalized spacial score (nSPS) is 11.3. The van der Waals surface area contributed by atoms with Crippen molar-refractivity contribution in [1.82, 2.24) is 9.66 Å². The van der Waals surface area contributed by atoms with Gasteiger partial charge < -0.3 is 5.11 Å². The molecular formula is C19H17N4O4-. The molecule has 0 atom stereocenters. The van der Waals surface area contributed by atoms with E-state index in [1.165, 1.54) is 19.2 Å². The first-order valence-electron chi connectivity index (χ1n) is 8.43. The lowest BCUT2D eigenvalue weighted by molar-refractivity contribution is -0.385. The molecule has 0 aliphatic carbocycles. The first-order chi connectivity index (χ1) is 12.9. The highest BCUT2D eigenvalue weighted by molar-refractivity contribution is 5.85. The maximum Gasteiger partial charge on any atom is 0.282 e. The zero-order valence-electron chi connectivity index (χ0n) is 14.9. The number of rotatable bonds is 5. The summed E-state index contributed by atoms with van der Waals surface area (Å²) in [5, 5.41) is 27.8. The van der Waals surface area contributed by atoms with Gasteiger partial charge in [0, 0.05) is 18.6 Å². The lowest BCUT2D eigenvalue weighted by Crippen LogP contribution is -2.22. The van der Waals surface area contributed by atoms with Gasteiger partial charge in [-0.2, -0.15) is 9.78 Å². The Bertz CT molecular complexity index is 1120. The predicted molar refractivity (Wildman–Crippen MR) is 100 cm³/mol. The van der Waals surface area contributed by atoms with E-state index in [0.29, 0.717) is 23.1 Å². The third kappa shape index (κ3) is 3.55. The zero-order chi connectivity index (χ0) is 19.6. The summed E-state index contributed by atoms with van der Waals surface area (Å²) in [6.45, 7) is 3.45. The van der Waals surface area contributed by atoms with Crippen molar-refractivity contribution in [3.63, 3.8) is 0 Å². The molecule has 3 aromatic rings. The van der Waals surface area contributed by atoms with Crippen molar-refractivity contribution in [2.45, 2.75) is 26.7 Å². The van der Waals surface area contributed by atoms with Crippen LogP contribution in [-0.2, 0) is 6.42 Å². The Labute approximate surface area is 154 Å². The molecule has 3 rings (SSSR count). The lowest BCUT2D eigenvalue weighted by atomic mass is 10.1. The minimum atomic E-state index is -0.573. The number of aryl methyl sites for hydroxylation is 2. The van der Waals surface area contributed by atoms with E-state index in [2.05, 4.69) is 10.1 Å². The summed E-state index contributed by atoms with van der Waals surface area (Å²) < 4.78 is 1.15. The van der Waals surface area contributed by atoms with E-state index in [1.54, 1.807) is 24.3 Å². The van der Waals surface area contributed by atoms with Gasteiger partial charge in [-0.3, -0.25) is 14.9 Å². The second kappa shape index (κ2) is 7.36. The Morgan fingerprint density at radius 1 is 1.30 bits per heavy atom. The van der Waals surface area contributed by atoms with E-state index >= 15 is 0 Å². The summed E-state index contributed by atoms with van der Waals surface area (Å²) in [7, 11) is 0. The largest absolute Gasteiger partial charge is 0.872 e. The quantitative estimate of drug-likeness (QED) is 0.391. The van der Waals surface area contributed by atoms with Crippen molar-refractivity contribution >= 4 is 22.8 Å². The van der Waals surface area contributed by atoms with Crippen molar-refractivity contribution in [2.75, 3.05) is 0 Å². The number of benzene rings is 2. The molecule has 0 N–H and O–H groups in total. The van der Waals surface area contributed by atoms with Gasteiger partial charge in [0.1, 0.15) is 5.82 Å². The van der Waals surface area contributed by atoms with E-state index in [1.807, 2.05) is 6.92 Å². The van der Waals surface area contributed by atoms with Crippen molar-refractivity contribution < 1.29 is 10.0 Å². The van der Waals surface area contributed by atoms with Gasteiger partial charge in [-0.1, -0.05) is 30.4 Å². The number of fused-ring (bicyclic) bond motifs is 1. The molecule has 0 saturated carbocycles. The number of nitro groups is 1. The average molecular weight is 365 g/mol. The molecule has 0 aliphatic heterocycles. The maximum atomic E-state index is 12.8. The summed E-state index contributed by atoms with van der Waals surface area (Å²) >= 11 is 0. The minimum absolute atomic E-state index is 0.0456. The van der Waals surface area contributed by atoms with Crippen molar-refractivity contribution in [1.29, 1.82) is 0 Å². The molecule has 0 amide bonds. The Kier molecular flexibility index (Phi) is 4.98. The minimum Gasteiger partial charge on any atom is -0.872 e.